The summed E-state index contributed by atoms with van der Waals surface area (Å²) in [6.45, 7) is 0. The lowest BCUT2D eigenvalue weighted by Crippen LogP contribution is -2.15. The van der Waals surface area contributed by atoms with E-state index in [1.807, 2.05) is 47.0 Å². The number of para-hydroxylation sites is 3. The molecular weight excluding hydrogens is 467 g/mol. The Hall–Kier alpha value is -3.00. The van der Waals surface area contributed by atoms with Crippen molar-refractivity contribution in [2.24, 2.45) is 0 Å². The molecule has 4 rings (SSSR count). The van der Waals surface area contributed by atoms with Gasteiger partial charge in [0.05, 0.1) is 23.6 Å². The highest BCUT2D eigenvalue weighted by molar-refractivity contribution is 7.99. The lowest BCUT2D eigenvalue weighted by molar-refractivity contribution is -0.113. The number of rotatable bonds is 7. The van der Waals surface area contributed by atoms with Gasteiger partial charge in [-0.2, -0.15) is 0 Å². The van der Waals surface area contributed by atoms with Crippen molar-refractivity contribution in [2.75, 3.05) is 18.2 Å². The summed E-state index contributed by atoms with van der Waals surface area (Å²) < 4.78 is 7.16. The third kappa shape index (κ3) is 4.91. The number of amides is 1. The maximum absolute atomic E-state index is 12.6. The molecule has 0 saturated carbocycles. The van der Waals surface area contributed by atoms with Gasteiger partial charge in [0.15, 0.2) is 11.0 Å². The normalized spacial score (nSPS) is 10.7. The standard InChI is InChI=1S/C23H18Cl2N4O2S/c1-31-20-10-6-5-9-19(20)26-21(30)14-32-23-28-27-22(17-12-11-15(24)13-18(17)25)29(23)16-7-3-2-4-8-16/h2-13H,14H2,1H3,(H,26,30). The molecule has 0 saturated heterocycles. The van der Waals surface area contributed by atoms with Gasteiger partial charge in [-0.15, -0.1) is 10.2 Å². The first kappa shape index (κ1) is 22.2. The van der Waals surface area contributed by atoms with Crippen LogP contribution in [0, 0.1) is 0 Å². The summed E-state index contributed by atoms with van der Waals surface area (Å²) in [6, 6.07) is 22.1. The summed E-state index contributed by atoms with van der Waals surface area (Å²) in [7, 11) is 1.56. The van der Waals surface area contributed by atoms with Gasteiger partial charge in [0.1, 0.15) is 5.75 Å². The second-order valence-electron chi connectivity index (χ2n) is 6.64. The Morgan fingerprint density at radius 2 is 1.78 bits per heavy atom. The van der Waals surface area contributed by atoms with E-state index in [0.29, 0.717) is 38.0 Å². The highest BCUT2D eigenvalue weighted by Crippen LogP contribution is 2.33. The second-order valence-corrected chi connectivity index (χ2v) is 8.42. The maximum atomic E-state index is 12.6. The monoisotopic (exact) mass is 484 g/mol. The summed E-state index contributed by atoms with van der Waals surface area (Å²) in [5, 5.41) is 13.1. The molecule has 0 radical (unpaired) electrons. The van der Waals surface area contributed by atoms with Gasteiger partial charge in [-0.1, -0.05) is 65.3 Å². The topological polar surface area (TPSA) is 69.0 Å². The van der Waals surface area contributed by atoms with Crippen LogP contribution in [-0.2, 0) is 4.79 Å². The van der Waals surface area contributed by atoms with E-state index in [-0.39, 0.29) is 11.7 Å². The number of methoxy groups -OCH3 is 1. The lowest BCUT2D eigenvalue weighted by Gasteiger charge is -2.12. The van der Waals surface area contributed by atoms with Gasteiger partial charge < -0.3 is 10.1 Å². The van der Waals surface area contributed by atoms with Gasteiger partial charge in [0, 0.05) is 16.3 Å². The van der Waals surface area contributed by atoms with Crippen LogP contribution in [-0.4, -0.2) is 33.5 Å². The summed E-state index contributed by atoms with van der Waals surface area (Å²) in [5.74, 6) is 1.11. The molecule has 0 fully saturated rings. The zero-order valence-electron chi connectivity index (χ0n) is 17.0. The van der Waals surface area contributed by atoms with E-state index < -0.39 is 0 Å². The molecule has 3 aromatic carbocycles. The van der Waals surface area contributed by atoms with Crippen LogP contribution in [0.2, 0.25) is 10.0 Å². The number of carbonyl (C=O) groups is 1. The van der Waals surface area contributed by atoms with E-state index in [1.54, 1.807) is 37.4 Å². The SMILES string of the molecule is COc1ccccc1NC(=O)CSc1nnc(-c2ccc(Cl)cc2Cl)n1-c1ccccc1. The molecule has 1 amide bonds. The molecule has 1 aromatic heterocycles. The average molecular weight is 485 g/mol. The summed E-state index contributed by atoms with van der Waals surface area (Å²) in [6.07, 6.45) is 0. The van der Waals surface area contributed by atoms with Gasteiger partial charge in [-0.05, 0) is 42.5 Å². The largest absolute Gasteiger partial charge is 0.495 e. The average Bonchev–Trinajstić information content (AvgIpc) is 3.22. The van der Waals surface area contributed by atoms with Gasteiger partial charge in [-0.25, -0.2) is 0 Å². The number of benzene rings is 3. The van der Waals surface area contributed by atoms with E-state index in [0.717, 1.165) is 5.69 Å². The van der Waals surface area contributed by atoms with Gasteiger partial charge in [0.2, 0.25) is 5.91 Å². The zero-order chi connectivity index (χ0) is 22.5. The molecule has 0 unspecified atom stereocenters. The fourth-order valence-corrected chi connectivity index (χ4v) is 4.33. The van der Waals surface area contributed by atoms with Crippen molar-refractivity contribution >= 4 is 46.6 Å². The molecular formula is C23H18Cl2N4O2S. The number of aromatic nitrogens is 3. The number of nitrogens with zero attached hydrogens (tertiary/aromatic N) is 3. The van der Waals surface area contributed by atoms with Crippen LogP contribution in [0.1, 0.15) is 0 Å². The molecule has 1 N–H and O–H groups in total. The van der Waals surface area contributed by atoms with Crippen LogP contribution >= 0.6 is 35.0 Å². The second kappa shape index (κ2) is 10.1. The van der Waals surface area contributed by atoms with Crippen LogP contribution in [0.25, 0.3) is 17.1 Å². The molecule has 0 spiro atoms. The molecule has 0 aliphatic rings. The lowest BCUT2D eigenvalue weighted by atomic mass is 10.2. The van der Waals surface area contributed by atoms with E-state index in [9.17, 15) is 4.79 Å². The van der Waals surface area contributed by atoms with Crippen LogP contribution < -0.4 is 10.1 Å². The van der Waals surface area contributed by atoms with E-state index in [2.05, 4.69) is 15.5 Å². The van der Waals surface area contributed by atoms with E-state index in [1.165, 1.54) is 11.8 Å². The first-order valence-electron chi connectivity index (χ1n) is 9.58. The highest BCUT2D eigenvalue weighted by atomic mass is 35.5. The Morgan fingerprint density at radius 3 is 2.53 bits per heavy atom. The van der Waals surface area contributed by atoms with Gasteiger partial charge in [-0.3, -0.25) is 9.36 Å². The quantitative estimate of drug-likeness (QED) is 0.326. The molecule has 32 heavy (non-hydrogen) atoms. The first-order valence-corrected chi connectivity index (χ1v) is 11.3. The minimum Gasteiger partial charge on any atom is -0.495 e. The number of hydrogen-bond donors (Lipinski definition) is 1. The summed E-state index contributed by atoms with van der Waals surface area (Å²) in [5.41, 5.74) is 2.16. The number of hydrogen-bond acceptors (Lipinski definition) is 5. The third-order valence-electron chi connectivity index (χ3n) is 4.53. The minimum atomic E-state index is -0.187. The van der Waals surface area contributed by atoms with Crippen LogP contribution in [0.15, 0.2) is 78.0 Å². The fourth-order valence-electron chi connectivity index (χ4n) is 3.08. The molecule has 9 heteroatoms. The molecule has 0 bridgehead atoms. The third-order valence-corrected chi connectivity index (χ3v) is 6.01. The molecule has 0 aliphatic carbocycles. The summed E-state index contributed by atoms with van der Waals surface area (Å²) in [4.78, 5) is 12.6. The van der Waals surface area contributed by atoms with Crippen molar-refractivity contribution in [1.29, 1.82) is 0 Å². The predicted molar refractivity (Wildman–Crippen MR) is 129 cm³/mol. The van der Waals surface area contributed by atoms with Crippen molar-refractivity contribution < 1.29 is 9.53 Å². The molecule has 4 aromatic rings. The smallest absolute Gasteiger partial charge is 0.234 e. The Bertz CT molecular complexity index is 1250. The van der Waals surface area contributed by atoms with Crippen LogP contribution in [0.3, 0.4) is 0 Å². The number of halogens is 2. The number of thioether (sulfide) groups is 1. The van der Waals surface area contributed by atoms with Crippen LogP contribution in [0.5, 0.6) is 5.75 Å². The molecule has 162 valence electrons. The van der Waals surface area contributed by atoms with Gasteiger partial charge >= 0.3 is 0 Å². The predicted octanol–water partition coefficient (Wildman–Crippen LogP) is 5.98. The Balaban J connectivity index is 1.61. The molecule has 0 aliphatic heterocycles. The van der Waals surface area contributed by atoms with E-state index in [4.69, 9.17) is 27.9 Å². The Kier molecular flexibility index (Phi) is 6.99. The van der Waals surface area contributed by atoms with Crippen molar-refractivity contribution in [3.8, 4) is 22.8 Å². The maximum Gasteiger partial charge on any atom is 0.234 e. The number of ether oxygens (including phenoxy) is 1. The van der Waals surface area contributed by atoms with Crippen molar-refractivity contribution in [1.82, 2.24) is 14.8 Å². The van der Waals surface area contributed by atoms with E-state index >= 15 is 0 Å². The Morgan fingerprint density at radius 1 is 1.03 bits per heavy atom. The fraction of sp³-hybridized carbons (Fsp3) is 0.0870. The van der Waals surface area contributed by atoms with Crippen molar-refractivity contribution in [3.05, 3.63) is 82.8 Å². The molecule has 0 atom stereocenters. The van der Waals surface area contributed by atoms with Crippen LogP contribution in [0.4, 0.5) is 5.69 Å². The van der Waals surface area contributed by atoms with Gasteiger partial charge in [0.25, 0.3) is 0 Å². The first-order chi connectivity index (χ1) is 15.6. The summed E-state index contributed by atoms with van der Waals surface area (Å²) >= 11 is 13.8. The number of nitrogens with one attached hydrogen (secondary N) is 1. The molecule has 1 heterocycles. The van der Waals surface area contributed by atoms with Crippen molar-refractivity contribution in [2.45, 2.75) is 5.16 Å². The Labute approximate surface area is 199 Å². The minimum absolute atomic E-state index is 0.136. The number of carbonyl (C=O) groups excluding carboxylic acids is 1. The highest BCUT2D eigenvalue weighted by Gasteiger charge is 2.19. The molecule has 6 nitrogen and oxygen atoms in total. The zero-order valence-corrected chi connectivity index (χ0v) is 19.3. The number of anilines is 1. The van der Waals surface area contributed by atoms with Crippen molar-refractivity contribution in [3.63, 3.8) is 0 Å².